The standard InChI is InChI=1S/C15H19FN4O3S/c1-19-7-6-17-15(19)14(12-4-2-3-5-13(12)16)18-24(21,22)20-8-10-23-11-9-20/h2-7,14,18H,8-11H2,1H3/t14-/m0/s1. The summed E-state index contributed by atoms with van der Waals surface area (Å²) in [5.74, 6) is -0.0767. The largest absolute Gasteiger partial charge is 0.379 e. The minimum absolute atomic E-state index is 0.226. The SMILES string of the molecule is Cn1ccnc1[C@@H](NS(=O)(=O)N1CCOCC1)c1ccccc1F. The van der Waals surface area contributed by atoms with Gasteiger partial charge in [-0.25, -0.2) is 9.37 Å². The van der Waals surface area contributed by atoms with Gasteiger partial charge < -0.3 is 9.30 Å². The molecular formula is C15H19FN4O3S. The number of nitrogens with zero attached hydrogens (tertiary/aromatic N) is 3. The lowest BCUT2D eigenvalue weighted by Crippen LogP contribution is -2.48. The van der Waals surface area contributed by atoms with Crippen LogP contribution in [-0.4, -0.2) is 48.6 Å². The van der Waals surface area contributed by atoms with Crippen LogP contribution in [0.15, 0.2) is 36.7 Å². The van der Waals surface area contributed by atoms with Gasteiger partial charge in [0.1, 0.15) is 17.7 Å². The van der Waals surface area contributed by atoms with Crippen LogP contribution in [0.2, 0.25) is 0 Å². The van der Waals surface area contributed by atoms with Crippen LogP contribution in [0.25, 0.3) is 0 Å². The maximum atomic E-state index is 14.3. The van der Waals surface area contributed by atoms with E-state index in [1.165, 1.54) is 10.4 Å². The summed E-state index contributed by atoms with van der Waals surface area (Å²) in [5.41, 5.74) is 0.226. The Morgan fingerprint density at radius 1 is 1.29 bits per heavy atom. The van der Waals surface area contributed by atoms with Gasteiger partial charge in [-0.15, -0.1) is 0 Å². The number of ether oxygens (including phenoxy) is 1. The van der Waals surface area contributed by atoms with Gasteiger partial charge in [-0.1, -0.05) is 18.2 Å². The van der Waals surface area contributed by atoms with Crippen molar-refractivity contribution in [3.8, 4) is 0 Å². The molecule has 0 saturated carbocycles. The van der Waals surface area contributed by atoms with E-state index in [4.69, 9.17) is 4.74 Å². The number of rotatable bonds is 5. The normalized spacial score (nSPS) is 17.8. The zero-order valence-corrected chi connectivity index (χ0v) is 14.0. The van der Waals surface area contributed by atoms with Crippen LogP contribution in [-0.2, 0) is 22.0 Å². The summed E-state index contributed by atoms with van der Waals surface area (Å²) < 4.78 is 50.4. The topological polar surface area (TPSA) is 76.5 Å². The molecule has 9 heteroatoms. The average molecular weight is 354 g/mol. The number of imidazole rings is 1. The van der Waals surface area contributed by atoms with Gasteiger partial charge >= 0.3 is 0 Å². The molecule has 0 aliphatic carbocycles. The van der Waals surface area contributed by atoms with Gasteiger partial charge in [-0.2, -0.15) is 17.4 Å². The van der Waals surface area contributed by atoms with Crippen LogP contribution in [0, 0.1) is 5.82 Å². The van der Waals surface area contributed by atoms with Gasteiger partial charge in [-0.05, 0) is 6.07 Å². The monoisotopic (exact) mass is 354 g/mol. The molecule has 2 aromatic rings. The Bertz CT molecular complexity index is 803. The predicted molar refractivity (Wildman–Crippen MR) is 85.9 cm³/mol. The highest BCUT2D eigenvalue weighted by molar-refractivity contribution is 7.87. The highest BCUT2D eigenvalue weighted by Gasteiger charge is 2.31. The third kappa shape index (κ3) is 3.48. The van der Waals surface area contributed by atoms with Gasteiger partial charge in [-0.3, -0.25) is 0 Å². The van der Waals surface area contributed by atoms with E-state index in [9.17, 15) is 12.8 Å². The molecule has 3 rings (SSSR count). The fourth-order valence-electron chi connectivity index (χ4n) is 2.63. The Morgan fingerprint density at radius 2 is 2.00 bits per heavy atom. The summed E-state index contributed by atoms with van der Waals surface area (Å²) in [6, 6.07) is 5.16. The van der Waals surface area contributed by atoms with E-state index in [2.05, 4.69) is 9.71 Å². The number of halogens is 1. The molecule has 1 aliphatic heterocycles. The van der Waals surface area contributed by atoms with Crippen LogP contribution in [0.4, 0.5) is 4.39 Å². The van der Waals surface area contributed by atoms with E-state index < -0.39 is 22.1 Å². The van der Waals surface area contributed by atoms with Crippen LogP contribution in [0.3, 0.4) is 0 Å². The van der Waals surface area contributed by atoms with Crippen LogP contribution in [0.1, 0.15) is 17.4 Å². The number of aromatic nitrogens is 2. The molecule has 0 unspecified atom stereocenters. The molecule has 1 atom stereocenters. The first-order valence-electron chi connectivity index (χ1n) is 7.56. The first-order valence-corrected chi connectivity index (χ1v) is 9.00. The number of hydrogen-bond acceptors (Lipinski definition) is 4. The van der Waals surface area contributed by atoms with Crippen molar-refractivity contribution in [3.05, 3.63) is 53.9 Å². The van der Waals surface area contributed by atoms with E-state index in [-0.39, 0.29) is 18.7 Å². The van der Waals surface area contributed by atoms with Crippen molar-refractivity contribution in [3.63, 3.8) is 0 Å². The Hall–Kier alpha value is -1.81. The Kier molecular flexibility index (Phi) is 4.95. The fraction of sp³-hybridized carbons (Fsp3) is 0.400. The maximum absolute atomic E-state index is 14.3. The summed E-state index contributed by atoms with van der Waals surface area (Å²) in [6.45, 7) is 1.21. The molecule has 1 saturated heterocycles. The summed E-state index contributed by atoms with van der Waals surface area (Å²) in [5, 5.41) is 0. The number of benzene rings is 1. The summed E-state index contributed by atoms with van der Waals surface area (Å²) in [6.07, 6.45) is 3.23. The zero-order chi connectivity index (χ0) is 17.2. The third-order valence-electron chi connectivity index (χ3n) is 3.91. The highest BCUT2D eigenvalue weighted by atomic mass is 32.2. The van der Waals surface area contributed by atoms with E-state index in [1.54, 1.807) is 42.2 Å². The molecule has 0 radical (unpaired) electrons. The van der Waals surface area contributed by atoms with Crippen molar-refractivity contribution >= 4 is 10.2 Å². The zero-order valence-electron chi connectivity index (χ0n) is 13.2. The van der Waals surface area contributed by atoms with Gasteiger partial charge in [0.05, 0.1) is 13.2 Å². The van der Waals surface area contributed by atoms with Crippen molar-refractivity contribution in [2.24, 2.45) is 7.05 Å². The van der Waals surface area contributed by atoms with E-state index in [0.29, 0.717) is 19.0 Å². The van der Waals surface area contributed by atoms with Gasteiger partial charge in [0.2, 0.25) is 0 Å². The van der Waals surface area contributed by atoms with Crippen LogP contribution < -0.4 is 4.72 Å². The molecule has 2 heterocycles. The van der Waals surface area contributed by atoms with Crippen LogP contribution in [0.5, 0.6) is 0 Å². The molecule has 130 valence electrons. The summed E-state index contributed by atoms with van der Waals surface area (Å²) in [4.78, 5) is 4.19. The Balaban J connectivity index is 1.97. The molecule has 1 aromatic heterocycles. The van der Waals surface area contributed by atoms with Crippen molar-refractivity contribution in [2.75, 3.05) is 26.3 Å². The summed E-state index contributed by atoms with van der Waals surface area (Å²) >= 11 is 0. The highest BCUT2D eigenvalue weighted by Crippen LogP contribution is 2.24. The number of nitrogens with one attached hydrogen (secondary N) is 1. The third-order valence-corrected chi connectivity index (χ3v) is 5.49. The Labute approximate surface area is 140 Å². The molecule has 0 spiro atoms. The predicted octanol–water partition coefficient (Wildman–Crippen LogP) is 0.815. The molecule has 1 fully saturated rings. The molecule has 24 heavy (non-hydrogen) atoms. The van der Waals surface area contributed by atoms with Gasteiger partial charge in [0.15, 0.2) is 0 Å². The molecule has 1 N–H and O–H groups in total. The molecule has 0 amide bonds. The second-order valence-electron chi connectivity index (χ2n) is 5.49. The summed E-state index contributed by atoms with van der Waals surface area (Å²) in [7, 11) is -2.07. The van der Waals surface area contributed by atoms with E-state index >= 15 is 0 Å². The first-order chi connectivity index (χ1) is 11.5. The maximum Gasteiger partial charge on any atom is 0.280 e. The number of aryl methyl sites for hydroxylation is 1. The van der Waals surface area contributed by atoms with Gasteiger partial charge in [0, 0.05) is 38.1 Å². The molecule has 7 nitrogen and oxygen atoms in total. The first kappa shape index (κ1) is 17.0. The quantitative estimate of drug-likeness (QED) is 0.862. The second kappa shape index (κ2) is 6.98. The molecule has 1 aromatic carbocycles. The van der Waals surface area contributed by atoms with Crippen LogP contribution >= 0.6 is 0 Å². The number of morpholine rings is 1. The minimum Gasteiger partial charge on any atom is -0.379 e. The van der Waals surface area contributed by atoms with E-state index in [1.807, 2.05) is 0 Å². The van der Waals surface area contributed by atoms with Crippen molar-refractivity contribution < 1.29 is 17.5 Å². The van der Waals surface area contributed by atoms with Gasteiger partial charge in [0.25, 0.3) is 10.2 Å². The van der Waals surface area contributed by atoms with Crippen molar-refractivity contribution in [1.29, 1.82) is 0 Å². The minimum atomic E-state index is -3.81. The Morgan fingerprint density at radius 3 is 2.62 bits per heavy atom. The fourth-order valence-corrected chi connectivity index (χ4v) is 3.94. The smallest absolute Gasteiger partial charge is 0.280 e. The number of hydrogen-bond donors (Lipinski definition) is 1. The lowest BCUT2D eigenvalue weighted by atomic mass is 10.1. The van der Waals surface area contributed by atoms with Crippen molar-refractivity contribution in [1.82, 2.24) is 18.6 Å². The molecular weight excluding hydrogens is 335 g/mol. The lowest BCUT2D eigenvalue weighted by Gasteiger charge is -2.28. The average Bonchev–Trinajstić information content (AvgIpc) is 3.00. The molecule has 1 aliphatic rings. The second-order valence-corrected chi connectivity index (χ2v) is 7.19. The lowest BCUT2D eigenvalue weighted by molar-refractivity contribution is 0.0723. The van der Waals surface area contributed by atoms with E-state index in [0.717, 1.165) is 0 Å². The molecule has 0 bridgehead atoms. The van der Waals surface area contributed by atoms with Crippen molar-refractivity contribution in [2.45, 2.75) is 6.04 Å².